The zero-order chi connectivity index (χ0) is 19.2. The average Bonchev–Trinajstić information content (AvgIpc) is 2.71. The summed E-state index contributed by atoms with van der Waals surface area (Å²) in [6.07, 6.45) is 4.70. The van der Waals surface area contributed by atoms with Crippen LogP contribution in [0.3, 0.4) is 0 Å². The summed E-state index contributed by atoms with van der Waals surface area (Å²) in [6.45, 7) is 1.94. The third-order valence-corrected chi connectivity index (χ3v) is 4.91. The molecule has 0 spiro atoms. The van der Waals surface area contributed by atoms with Gasteiger partial charge in [0.25, 0.3) is 5.91 Å². The molecule has 2 aromatic carbocycles. The minimum Gasteiger partial charge on any atom is -0.493 e. The Balaban J connectivity index is 1.69. The van der Waals surface area contributed by atoms with Crippen molar-refractivity contribution in [3.8, 4) is 17.2 Å². The van der Waals surface area contributed by atoms with Crippen LogP contribution < -0.4 is 19.5 Å². The van der Waals surface area contributed by atoms with E-state index in [1.165, 1.54) is 24.0 Å². The fraction of sp³-hybridized carbons (Fsp3) is 0.409. The first-order chi connectivity index (χ1) is 13.1. The van der Waals surface area contributed by atoms with Crippen LogP contribution in [0.25, 0.3) is 0 Å². The number of benzene rings is 2. The molecule has 1 amide bonds. The van der Waals surface area contributed by atoms with Gasteiger partial charge in [0, 0.05) is 11.8 Å². The molecule has 0 fully saturated rings. The second-order valence-electron chi connectivity index (χ2n) is 6.71. The van der Waals surface area contributed by atoms with Gasteiger partial charge in [0.05, 0.1) is 14.2 Å². The number of rotatable bonds is 7. The highest BCUT2D eigenvalue weighted by molar-refractivity contribution is 5.94. The lowest BCUT2D eigenvalue weighted by molar-refractivity contribution is -0.122. The predicted molar refractivity (Wildman–Crippen MR) is 106 cm³/mol. The maximum absolute atomic E-state index is 12.7. The molecule has 27 heavy (non-hydrogen) atoms. The molecule has 5 heteroatoms. The standard InChI is InChI=1S/C22H27NO4/c1-4-19(27-18-11-9-15-7-5-6-8-16(15)13-18)22(24)23-17-10-12-20(25-2)21(14-17)26-3/h9-14,19H,4-8H2,1-3H3,(H,23,24)/t19-/m1/s1. The maximum Gasteiger partial charge on any atom is 0.265 e. The summed E-state index contributed by atoms with van der Waals surface area (Å²) in [4.78, 5) is 12.7. The number of nitrogens with one attached hydrogen (secondary N) is 1. The number of hydrogen-bond acceptors (Lipinski definition) is 4. The van der Waals surface area contributed by atoms with Crippen molar-refractivity contribution in [2.24, 2.45) is 0 Å². The Morgan fingerprint density at radius 1 is 1.00 bits per heavy atom. The molecular formula is C22H27NO4. The number of anilines is 1. The number of carbonyl (C=O) groups excluding carboxylic acids is 1. The topological polar surface area (TPSA) is 56.8 Å². The van der Waals surface area contributed by atoms with Crippen molar-refractivity contribution < 1.29 is 19.0 Å². The largest absolute Gasteiger partial charge is 0.493 e. The summed E-state index contributed by atoms with van der Waals surface area (Å²) >= 11 is 0. The predicted octanol–water partition coefficient (Wildman–Crippen LogP) is 4.38. The highest BCUT2D eigenvalue weighted by Gasteiger charge is 2.20. The first-order valence-corrected chi connectivity index (χ1v) is 9.46. The Morgan fingerprint density at radius 3 is 2.44 bits per heavy atom. The van der Waals surface area contributed by atoms with E-state index in [-0.39, 0.29) is 5.91 Å². The van der Waals surface area contributed by atoms with Gasteiger partial charge in [0.1, 0.15) is 5.75 Å². The molecule has 0 heterocycles. The van der Waals surface area contributed by atoms with E-state index in [4.69, 9.17) is 14.2 Å². The molecule has 0 saturated carbocycles. The first-order valence-electron chi connectivity index (χ1n) is 9.46. The number of ether oxygens (including phenoxy) is 3. The van der Waals surface area contributed by atoms with E-state index in [9.17, 15) is 4.79 Å². The quantitative estimate of drug-likeness (QED) is 0.787. The van der Waals surface area contributed by atoms with E-state index in [2.05, 4.69) is 17.4 Å². The van der Waals surface area contributed by atoms with Crippen LogP contribution in [0.5, 0.6) is 17.2 Å². The van der Waals surface area contributed by atoms with Crippen LogP contribution in [-0.4, -0.2) is 26.2 Å². The fourth-order valence-electron chi connectivity index (χ4n) is 3.41. The van der Waals surface area contributed by atoms with Crippen molar-refractivity contribution in [1.82, 2.24) is 0 Å². The molecule has 1 aliphatic carbocycles. The summed E-state index contributed by atoms with van der Waals surface area (Å²) in [5.74, 6) is 1.76. The summed E-state index contributed by atoms with van der Waals surface area (Å²) in [6, 6.07) is 11.5. The second-order valence-corrected chi connectivity index (χ2v) is 6.71. The van der Waals surface area contributed by atoms with E-state index in [0.29, 0.717) is 23.6 Å². The minimum atomic E-state index is -0.556. The molecule has 0 bridgehead atoms. The van der Waals surface area contributed by atoms with Gasteiger partial charge >= 0.3 is 0 Å². The normalized spacial score (nSPS) is 14.0. The molecule has 0 saturated heterocycles. The van der Waals surface area contributed by atoms with Crippen molar-refractivity contribution in [3.05, 3.63) is 47.5 Å². The third-order valence-electron chi connectivity index (χ3n) is 4.91. The van der Waals surface area contributed by atoms with E-state index in [1.54, 1.807) is 32.4 Å². The zero-order valence-corrected chi connectivity index (χ0v) is 16.2. The lowest BCUT2D eigenvalue weighted by Crippen LogP contribution is -2.32. The Kier molecular flexibility index (Phi) is 6.22. The van der Waals surface area contributed by atoms with Gasteiger partial charge in [-0.15, -0.1) is 0 Å². The third kappa shape index (κ3) is 4.54. The molecule has 0 unspecified atom stereocenters. The number of carbonyl (C=O) groups is 1. The zero-order valence-electron chi connectivity index (χ0n) is 16.2. The van der Waals surface area contributed by atoms with Crippen molar-refractivity contribution >= 4 is 11.6 Å². The number of hydrogen-bond donors (Lipinski definition) is 1. The van der Waals surface area contributed by atoms with E-state index in [1.807, 2.05) is 13.0 Å². The summed E-state index contributed by atoms with van der Waals surface area (Å²) in [5, 5.41) is 2.90. The Bertz CT molecular complexity index is 803. The van der Waals surface area contributed by atoms with Crippen molar-refractivity contribution in [2.75, 3.05) is 19.5 Å². The molecule has 1 atom stereocenters. The van der Waals surface area contributed by atoms with Crippen molar-refractivity contribution in [3.63, 3.8) is 0 Å². The van der Waals surface area contributed by atoms with Crippen LogP contribution in [0.4, 0.5) is 5.69 Å². The average molecular weight is 369 g/mol. The Labute approximate surface area is 160 Å². The van der Waals surface area contributed by atoms with Gasteiger partial charge in [-0.05, 0) is 67.5 Å². The van der Waals surface area contributed by atoms with Crippen LogP contribution in [0.15, 0.2) is 36.4 Å². The van der Waals surface area contributed by atoms with Crippen molar-refractivity contribution in [2.45, 2.75) is 45.1 Å². The second kappa shape index (κ2) is 8.80. The van der Waals surface area contributed by atoms with E-state index < -0.39 is 6.10 Å². The monoisotopic (exact) mass is 369 g/mol. The Hall–Kier alpha value is -2.69. The van der Waals surface area contributed by atoms with Gasteiger partial charge in [-0.3, -0.25) is 4.79 Å². The molecule has 144 valence electrons. The molecule has 3 rings (SSSR count). The van der Waals surface area contributed by atoms with Crippen LogP contribution in [0.1, 0.15) is 37.3 Å². The number of amides is 1. The summed E-state index contributed by atoms with van der Waals surface area (Å²) in [5.41, 5.74) is 3.38. The van der Waals surface area contributed by atoms with Gasteiger partial charge in [-0.1, -0.05) is 13.0 Å². The lowest BCUT2D eigenvalue weighted by Gasteiger charge is -2.20. The molecule has 0 aliphatic heterocycles. The van der Waals surface area contributed by atoms with Gasteiger partial charge < -0.3 is 19.5 Å². The lowest BCUT2D eigenvalue weighted by atomic mass is 9.92. The SMILES string of the molecule is CC[C@@H](Oc1ccc2c(c1)CCCC2)C(=O)Nc1ccc(OC)c(OC)c1. The molecular weight excluding hydrogens is 342 g/mol. The smallest absolute Gasteiger partial charge is 0.265 e. The summed E-state index contributed by atoms with van der Waals surface area (Å²) < 4.78 is 16.5. The fourth-order valence-corrected chi connectivity index (χ4v) is 3.41. The van der Waals surface area contributed by atoms with Crippen molar-refractivity contribution in [1.29, 1.82) is 0 Å². The Morgan fingerprint density at radius 2 is 1.74 bits per heavy atom. The molecule has 0 aromatic heterocycles. The molecule has 1 N–H and O–H groups in total. The van der Waals surface area contributed by atoms with E-state index >= 15 is 0 Å². The highest BCUT2D eigenvalue weighted by atomic mass is 16.5. The molecule has 1 aliphatic rings. The number of fused-ring (bicyclic) bond motifs is 1. The van der Waals surface area contributed by atoms with Gasteiger partial charge in [-0.2, -0.15) is 0 Å². The van der Waals surface area contributed by atoms with Crippen LogP contribution in [-0.2, 0) is 17.6 Å². The van der Waals surface area contributed by atoms with Crippen LogP contribution in [0, 0.1) is 0 Å². The minimum absolute atomic E-state index is 0.178. The van der Waals surface area contributed by atoms with Crippen LogP contribution in [0.2, 0.25) is 0 Å². The summed E-state index contributed by atoms with van der Waals surface area (Å²) in [7, 11) is 3.15. The number of methoxy groups -OCH3 is 2. The molecule has 2 aromatic rings. The van der Waals surface area contributed by atoms with Gasteiger partial charge in [0.2, 0.25) is 0 Å². The maximum atomic E-state index is 12.7. The van der Waals surface area contributed by atoms with E-state index in [0.717, 1.165) is 18.6 Å². The van der Waals surface area contributed by atoms with Crippen LogP contribution >= 0.6 is 0 Å². The first kappa shape index (κ1) is 19.1. The highest BCUT2D eigenvalue weighted by Crippen LogP contribution is 2.30. The van der Waals surface area contributed by atoms with Gasteiger partial charge in [-0.25, -0.2) is 0 Å². The molecule has 5 nitrogen and oxygen atoms in total. The molecule has 0 radical (unpaired) electrons. The van der Waals surface area contributed by atoms with Gasteiger partial charge in [0.15, 0.2) is 17.6 Å². The number of aryl methyl sites for hydroxylation is 2.